The van der Waals surface area contributed by atoms with Gasteiger partial charge in [0.1, 0.15) is 0 Å². The van der Waals surface area contributed by atoms with Crippen LogP contribution in [0.4, 0.5) is 0 Å². The molecule has 1 saturated carbocycles. The average Bonchev–Trinajstić information content (AvgIpc) is 3.08. The van der Waals surface area contributed by atoms with Gasteiger partial charge in [-0.15, -0.1) is 0 Å². The molecule has 3 aliphatic rings. The van der Waals surface area contributed by atoms with Gasteiger partial charge in [-0.1, -0.05) is 68.5 Å². The third-order valence-corrected chi connectivity index (χ3v) is 4.83. The molecule has 0 spiro atoms. The maximum absolute atomic E-state index is 4.36. The van der Waals surface area contributed by atoms with Crippen molar-refractivity contribution in [3.05, 3.63) is 65.8 Å². The molecule has 0 nitrogen and oxygen atoms in total. The largest absolute Gasteiger partial charge is 0.0943 e. The maximum atomic E-state index is 4.36. The molecule has 0 aromatic heterocycles. The first-order chi connectivity index (χ1) is 8.72. The van der Waals surface area contributed by atoms with Crippen LogP contribution in [0.15, 0.2) is 54.6 Å². The van der Waals surface area contributed by atoms with E-state index in [0.29, 0.717) is 0 Å². The quantitative estimate of drug-likeness (QED) is 0.602. The Morgan fingerprint density at radius 3 is 2.67 bits per heavy atom. The summed E-state index contributed by atoms with van der Waals surface area (Å²) in [5, 5.41) is 0. The second-order valence-electron chi connectivity index (χ2n) is 5.29. The van der Waals surface area contributed by atoms with Gasteiger partial charge in [0.15, 0.2) is 0 Å². The van der Waals surface area contributed by atoms with Gasteiger partial charge >= 0.3 is 0 Å². The molecule has 3 aliphatic carbocycles. The first-order valence-electron chi connectivity index (χ1n) is 6.88. The Morgan fingerprint density at radius 2 is 1.89 bits per heavy atom. The molecule has 92 valence electrons. The van der Waals surface area contributed by atoms with E-state index in [-0.39, 0.29) is 10.8 Å². The smallest absolute Gasteiger partial charge is 0.0306 e. The normalized spacial score (nSPS) is 33.7. The van der Waals surface area contributed by atoms with Crippen LogP contribution in [0.2, 0.25) is 0 Å². The van der Waals surface area contributed by atoms with Gasteiger partial charge in [-0.3, -0.25) is 0 Å². The summed E-state index contributed by atoms with van der Waals surface area (Å²) in [5.74, 6) is 0. The highest BCUT2D eigenvalue weighted by molar-refractivity contribution is 5.89. The van der Waals surface area contributed by atoms with Crippen LogP contribution in [0.5, 0.6) is 0 Å². The second kappa shape index (κ2) is 3.47. The Hall–Kier alpha value is -1.56. The molecule has 1 aromatic carbocycles. The minimum absolute atomic E-state index is 0.242. The summed E-state index contributed by atoms with van der Waals surface area (Å²) in [5.41, 5.74) is 6.19. The van der Waals surface area contributed by atoms with Crippen molar-refractivity contribution in [1.82, 2.24) is 0 Å². The number of allylic oxidation sites excluding steroid dienone is 5. The topological polar surface area (TPSA) is 0 Å². The summed E-state index contributed by atoms with van der Waals surface area (Å²) in [6, 6.07) is 8.77. The number of hydrogen-bond acceptors (Lipinski definition) is 0. The number of fused-ring (bicyclic) bond motifs is 1. The summed E-state index contributed by atoms with van der Waals surface area (Å²) in [6.07, 6.45) is 8.09. The molecular formula is C18H20. The summed E-state index contributed by atoms with van der Waals surface area (Å²) in [7, 11) is 0. The van der Waals surface area contributed by atoms with E-state index in [1.165, 1.54) is 28.7 Å². The van der Waals surface area contributed by atoms with Crippen molar-refractivity contribution < 1.29 is 0 Å². The van der Waals surface area contributed by atoms with Gasteiger partial charge in [0, 0.05) is 10.8 Å². The van der Waals surface area contributed by atoms with Crippen molar-refractivity contribution in [3.8, 4) is 0 Å². The highest BCUT2D eigenvalue weighted by atomic mass is 14.7. The molecule has 18 heavy (non-hydrogen) atoms. The fraction of sp³-hybridized carbons (Fsp3) is 0.333. The van der Waals surface area contributed by atoms with E-state index < -0.39 is 0 Å². The minimum atomic E-state index is 0.242. The number of hydrogen-bond donors (Lipinski definition) is 0. The van der Waals surface area contributed by atoms with Crippen LogP contribution in [-0.4, -0.2) is 0 Å². The lowest BCUT2D eigenvalue weighted by Gasteiger charge is -2.21. The van der Waals surface area contributed by atoms with Gasteiger partial charge in [0.05, 0.1) is 0 Å². The lowest BCUT2D eigenvalue weighted by atomic mass is 9.82. The van der Waals surface area contributed by atoms with Crippen molar-refractivity contribution in [1.29, 1.82) is 0 Å². The van der Waals surface area contributed by atoms with Crippen molar-refractivity contribution in [2.75, 3.05) is 0 Å². The summed E-state index contributed by atoms with van der Waals surface area (Å²) in [4.78, 5) is 0. The van der Waals surface area contributed by atoms with Gasteiger partial charge in [-0.05, 0) is 30.0 Å². The zero-order valence-corrected chi connectivity index (χ0v) is 11.5. The van der Waals surface area contributed by atoms with Gasteiger partial charge in [-0.25, -0.2) is 0 Å². The monoisotopic (exact) mass is 236 g/mol. The third kappa shape index (κ3) is 0.986. The van der Waals surface area contributed by atoms with Crippen LogP contribution < -0.4 is 0 Å². The molecule has 0 saturated heterocycles. The van der Waals surface area contributed by atoms with E-state index in [1.807, 2.05) is 13.8 Å². The summed E-state index contributed by atoms with van der Waals surface area (Å²) in [6.45, 7) is 10.6. The first kappa shape index (κ1) is 11.5. The van der Waals surface area contributed by atoms with Crippen LogP contribution in [0.3, 0.4) is 0 Å². The van der Waals surface area contributed by atoms with Crippen LogP contribution in [-0.2, 0) is 5.41 Å². The van der Waals surface area contributed by atoms with E-state index in [4.69, 9.17) is 0 Å². The molecular weight excluding hydrogens is 216 g/mol. The lowest BCUT2D eigenvalue weighted by molar-refractivity contribution is 0.706. The average molecular weight is 236 g/mol. The lowest BCUT2D eigenvalue weighted by Crippen LogP contribution is -2.14. The third-order valence-electron chi connectivity index (χ3n) is 4.83. The van der Waals surface area contributed by atoms with Crippen molar-refractivity contribution >= 4 is 5.57 Å². The highest BCUT2D eigenvalue weighted by Gasteiger charge is 2.73. The molecule has 0 amide bonds. The molecule has 4 rings (SSSR count). The van der Waals surface area contributed by atoms with E-state index in [9.17, 15) is 0 Å². The maximum Gasteiger partial charge on any atom is 0.0306 e. The molecule has 0 heteroatoms. The van der Waals surface area contributed by atoms with E-state index in [1.54, 1.807) is 0 Å². The van der Waals surface area contributed by atoms with E-state index in [0.717, 1.165) is 0 Å². The van der Waals surface area contributed by atoms with Gasteiger partial charge < -0.3 is 0 Å². The van der Waals surface area contributed by atoms with E-state index in [2.05, 4.69) is 56.0 Å². The van der Waals surface area contributed by atoms with Gasteiger partial charge in [0.2, 0.25) is 0 Å². The SMILES string of the molecule is C=C1c2ccccc2C23C=CC=C(C)C12C3.CC. The van der Waals surface area contributed by atoms with Gasteiger partial charge in [0.25, 0.3) is 0 Å². The molecule has 0 aliphatic heterocycles. The van der Waals surface area contributed by atoms with Gasteiger partial charge in [-0.2, -0.15) is 0 Å². The Kier molecular flexibility index (Phi) is 2.22. The predicted molar refractivity (Wildman–Crippen MR) is 78.4 cm³/mol. The summed E-state index contributed by atoms with van der Waals surface area (Å²) >= 11 is 0. The fourth-order valence-corrected chi connectivity index (χ4v) is 3.96. The van der Waals surface area contributed by atoms with E-state index >= 15 is 0 Å². The van der Waals surface area contributed by atoms with Crippen LogP contribution in [0.25, 0.3) is 5.57 Å². The Bertz CT molecular complexity index is 588. The molecule has 1 aromatic rings. The summed E-state index contributed by atoms with van der Waals surface area (Å²) < 4.78 is 0. The molecule has 2 atom stereocenters. The highest BCUT2D eigenvalue weighted by Crippen LogP contribution is 2.80. The van der Waals surface area contributed by atoms with Crippen molar-refractivity contribution in [3.63, 3.8) is 0 Å². The molecule has 0 N–H and O–H groups in total. The molecule has 2 unspecified atom stereocenters. The standard InChI is InChI=1S/C16H14.C2H6/c1-11-6-5-9-15-10-16(11,15)12(2)13-7-3-4-8-14(13)15;1-2/h3-9H,2,10H2,1H3;1-2H3. The Labute approximate surface area is 110 Å². The number of benzene rings is 1. The Balaban J connectivity index is 0.000000478. The molecule has 0 bridgehead atoms. The molecule has 0 radical (unpaired) electrons. The second-order valence-corrected chi connectivity index (χ2v) is 5.29. The van der Waals surface area contributed by atoms with Crippen molar-refractivity contribution in [2.45, 2.75) is 32.6 Å². The van der Waals surface area contributed by atoms with Crippen LogP contribution in [0.1, 0.15) is 38.3 Å². The molecule has 0 heterocycles. The van der Waals surface area contributed by atoms with Crippen LogP contribution in [0, 0.1) is 5.41 Å². The minimum Gasteiger partial charge on any atom is -0.0943 e. The predicted octanol–water partition coefficient (Wildman–Crippen LogP) is 4.88. The van der Waals surface area contributed by atoms with Crippen LogP contribution >= 0.6 is 0 Å². The zero-order valence-electron chi connectivity index (χ0n) is 11.5. The molecule has 1 fully saturated rings. The fourth-order valence-electron chi connectivity index (χ4n) is 3.96. The van der Waals surface area contributed by atoms with Crippen molar-refractivity contribution in [2.24, 2.45) is 5.41 Å². The zero-order chi connectivity index (χ0) is 13.0. The Morgan fingerprint density at radius 1 is 1.17 bits per heavy atom. The number of rotatable bonds is 0. The first-order valence-corrected chi connectivity index (χ1v) is 6.88.